The summed E-state index contributed by atoms with van der Waals surface area (Å²) in [6.45, 7) is 0.297. The molecule has 0 spiro atoms. The summed E-state index contributed by atoms with van der Waals surface area (Å²) >= 11 is 1.36. The fourth-order valence-electron chi connectivity index (χ4n) is 3.49. The molecule has 3 rings (SSSR count). The highest BCUT2D eigenvalue weighted by Gasteiger charge is 2.24. The molecule has 0 aromatic heterocycles. The van der Waals surface area contributed by atoms with Crippen molar-refractivity contribution in [2.45, 2.75) is 55.9 Å². The Kier molecular flexibility index (Phi) is 7.98. The highest BCUT2D eigenvalue weighted by atomic mass is 32.2. The van der Waals surface area contributed by atoms with Gasteiger partial charge in [0.05, 0.1) is 17.9 Å². The van der Waals surface area contributed by atoms with Gasteiger partial charge in [0.15, 0.2) is 0 Å². The van der Waals surface area contributed by atoms with Gasteiger partial charge in [0.2, 0.25) is 5.91 Å². The number of thioether (sulfide) groups is 1. The van der Waals surface area contributed by atoms with Crippen LogP contribution >= 0.6 is 11.8 Å². The van der Waals surface area contributed by atoms with Gasteiger partial charge in [-0.15, -0.1) is 11.8 Å². The number of hydrogen-bond acceptors (Lipinski definition) is 5. The first kappa shape index (κ1) is 21.7. The minimum absolute atomic E-state index is 0.0840. The number of nitrogens with one attached hydrogen (secondary N) is 1. The lowest BCUT2D eigenvalue weighted by Gasteiger charge is -2.31. The fourth-order valence-corrected chi connectivity index (χ4v) is 4.46. The maximum atomic E-state index is 12.6. The molecule has 2 amide bonds. The Morgan fingerprint density at radius 1 is 1.10 bits per heavy atom. The van der Waals surface area contributed by atoms with Crippen LogP contribution in [0.15, 0.2) is 29.2 Å². The molecular formula is C22H30N2O4S. The first-order valence-corrected chi connectivity index (χ1v) is 11.4. The summed E-state index contributed by atoms with van der Waals surface area (Å²) in [6, 6.07) is 7.50. The quantitative estimate of drug-likeness (QED) is 0.492. The van der Waals surface area contributed by atoms with Crippen LogP contribution < -0.4 is 5.32 Å². The van der Waals surface area contributed by atoms with Gasteiger partial charge in [-0.2, -0.15) is 0 Å². The zero-order valence-electron chi connectivity index (χ0n) is 17.0. The van der Waals surface area contributed by atoms with Gasteiger partial charge in [0.25, 0.3) is 5.91 Å². The third-order valence-electron chi connectivity index (χ3n) is 5.57. The lowest BCUT2D eigenvalue weighted by Crippen LogP contribution is -2.39. The maximum absolute atomic E-state index is 12.6. The SMILES string of the molecule is CN(C(=O)CSc1ccccc1C(=O)NCC(=O)OCC1CC1)C1CCCCC1. The Bertz CT molecular complexity index is 729. The zero-order valence-corrected chi connectivity index (χ0v) is 17.8. The molecule has 0 atom stereocenters. The molecule has 7 heteroatoms. The third-order valence-corrected chi connectivity index (χ3v) is 6.63. The van der Waals surface area contributed by atoms with Crippen molar-refractivity contribution >= 4 is 29.5 Å². The van der Waals surface area contributed by atoms with Gasteiger partial charge in [-0.05, 0) is 43.7 Å². The number of benzene rings is 1. The van der Waals surface area contributed by atoms with Gasteiger partial charge in [0.1, 0.15) is 6.54 Å². The molecule has 1 N–H and O–H groups in total. The Morgan fingerprint density at radius 2 is 1.83 bits per heavy atom. The van der Waals surface area contributed by atoms with E-state index in [2.05, 4.69) is 5.32 Å². The van der Waals surface area contributed by atoms with Crippen LogP contribution in [0.3, 0.4) is 0 Å². The lowest BCUT2D eigenvalue weighted by atomic mass is 9.94. The van der Waals surface area contributed by atoms with Crippen molar-refractivity contribution in [1.82, 2.24) is 10.2 Å². The largest absolute Gasteiger partial charge is 0.464 e. The van der Waals surface area contributed by atoms with Gasteiger partial charge in [0, 0.05) is 18.0 Å². The van der Waals surface area contributed by atoms with Crippen LogP contribution in [0.4, 0.5) is 0 Å². The van der Waals surface area contributed by atoms with Crippen molar-refractivity contribution in [3.8, 4) is 0 Å². The number of nitrogens with zero attached hydrogens (tertiary/aromatic N) is 1. The summed E-state index contributed by atoms with van der Waals surface area (Å²) in [5.74, 6) is 0.127. The van der Waals surface area contributed by atoms with Crippen LogP contribution in [0.2, 0.25) is 0 Å². The van der Waals surface area contributed by atoms with Crippen LogP contribution in [0.5, 0.6) is 0 Å². The number of carbonyl (C=O) groups excluding carboxylic acids is 3. The van der Waals surface area contributed by atoms with Gasteiger partial charge in [-0.25, -0.2) is 0 Å². The van der Waals surface area contributed by atoms with E-state index in [1.807, 2.05) is 24.1 Å². The van der Waals surface area contributed by atoms with E-state index in [9.17, 15) is 14.4 Å². The van der Waals surface area contributed by atoms with Crippen molar-refractivity contribution in [2.24, 2.45) is 5.92 Å². The molecule has 1 aromatic carbocycles. The summed E-state index contributed by atoms with van der Waals surface area (Å²) < 4.78 is 5.14. The number of hydrogen-bond donors (Lipinski definition) is 1. The van der Waals surface area contributed by atoms with Gasteiger partial charge < -0.3 is 15.0 Å². The molecule has 0 heterocycles. The molecule has 2 saturated carbocycles. The monoisotopic (exact) mass is 418 g/mol. The van der Waals surface area contributed by atoms with Crippen molar-refractivity contribution in [2.75, 3.05) is 26.0 Å². The van der Waals surface area contributed by atoms with Gasteiger partial charge >= 0.3 is 5.97 Å². The fraction of sp³-hybridized carbons (Fsp3) is 0.591. The van der Waals surface area contributed by atoms with Crippen molar-refractivity contribution in [3.63, 3.8) is 0 Å². The predicted octanol–water partition coefficient (Wildman–Crippen LogP) is 3.25. The molecule has 0 unspecified atom stereocenters. The van der Waals surface area contributed by atoms with Crippen LogP contribution in [-0.4, -0.2) is 54.7 Å². The Balaban J connectivity index is 1.48. The van der Waals surface area contributed by atoms with Crippen molar-refractivity contribution in [3.05, 3.63) is 29.8 Å². The van der Waals surface area contributed by atoms with E-state index in [0.29, 0.717) is 29.9 Å². The summed E-state index contributed by atoms with van der Waals surface area (Å²) in [4.78, 5) is 39.5. The first-order chi connectivity index (χ1) is 14.0. The van der Waals surface area contributed by atoms with Crippen LogP contribution in [0, 0.1) is 5.92 Å². The summed E-state index contributed by atoms with van der Waals surface area (Å²) in [6.07, 6.45) is 7.98. The number of esters is 1. The minimum atomic E-state index is -0.417. The van der Waals surface area contributed by atoms with Crippen LogP contribution in [0.25, 0.3) is 0 Å². The molecule has 1 aromatic rings. The Morgan fingerprint density at radius 3 is 2.55 bits per heavy atom. The van der Waals surface area contributed by atoms with Crippen LogP contribution in [0.1, 0.15) is 55.3 Å². The lowest BCUT2D eigenvalue weighted by molar-refractivity contribution is -0.142. The predicted molar refractivity (Wildman–Crippen MR) is 113 cm³/mol. The topological polar surface area (TPSA) is 75.7 Å². The molecule has 0 aliphatic heterocycles. The van der Waals surface area contributed by atoms with E-state index >= 15 is 0 Å². The zero-order chi connectivity index (χ0) is 20.6. The molecule has 0 bridgehead atoms. The standard InChI is InChI=1S/C22H30N2O4S/c1-24(17-7-3-2-4-8-17)20(25)15-29-19-10-6-5-9-18(19)22(27)23-13-21(26)28-14-16-11-12-16/h5-6,9-10,16-17H,2-4,7-8,11-15H2,1H3,(H,23,27). The van der Waals surface area contributed by atoms with E-state index in [0.717, 1.165) is 30.6 Å². The molecule has 2 aliphatic rings. The van der Waals surface area contributed by atoms with E-state index < -0.39 is 5.97 Å². The number of rotatable bonds is 9. The highest BCUT2D eigenvalue weighted by molar-refractivity contribution is 8.00. The molecular weight excluding hydrogens is 388 g/mol. The average Bonchev–Trinajstić information content (AvgIpc) is 3.59. The van der Waals surface area contributed by atoms with Gasteiger partial charge in [-0.3, -0.25) is 14.4 Å². The summed E-state index contributed by atoms with van der Waals surface area (Å²) in [5, 5.41) is 2.62. The molecule has 29 heavy (non-hydrogen) atoms. The summed E-state index contributed by atoms with van der Waals surface area (Å²) in [7, 11) is 1.88. The van der Waals surface area contributed by atoms with Crippen molar-refractivity contribution in [1.29, 1.82) is 0 Å². The average molecular weight is 419 g/mol. The smallest absolute Gasteiger partial charge is 0.325 e. The van der Waals surface area contributed by atoms with E-state index in [4.69, 9.17) is 4.74 Å². The Labute approximate surface area is 176 Å². The van der Waals surface area contributed by atoms with Crippen LogP contribution in [-0.2, 0) is 14.3 Å². The molecule has 2 fully saturated rings. The van der Waals surface area contributed by atoms with E-state index in [-0.39, 0.29) is 18.4 Å². The van der Waals surface area contributed by atoms with Gasteiger partial charge in [-0.1, -0.05) is 31.4 Å². The second-order valence-electron chi connectivity index (χ2n) is 7.89. The van der Waals surface area contributed by atoms with Crippen molar-refractivity contribution < 1.29 is 19.1 Å². The number of amides is 2. The summed E-state index contributed by atoms with van der Waals surface area (Å²) in [5.41, 5.74) is 0.473. The minimum Gasteiger partial charge on any atom is -0.464 e. The van der Waals surface area contributed by atoms with E-state index in [1.54, 1.807) is 12.1 Å². The third kappa shape index (κ3) is 6.77. The number of carbonyl (C=O) groups is 3. The normalized spacial score (nSPS) is 16.9. The molecule has 2 aliphatic carbocycles. The number of ether oxygens (including phenoxy) is 1. The molecule has 6 nitrogen and oxygen atoms in total. The highest BCUT2D eigenvalue weighted by Crippen LogP contribution is 2.29. The molecule has 0 radical (unpaired) electrons. The van der Waals surface area contributed by atoms with E-state index in [1.165, 1.54) is 31.0 Å². The Hall–Kier alpha value is -2.02. The first-order valence-electron chi connectivity index (χ1n) is 10.5. The second kappa shape index (κ2) is 10.7. The molecule has 158 valence electrons. The second-order valence-corrected chi connectivity index (χ2v) is 8.91. The maximum Gasteiger partial charge on any atom is 0.325 e. The molecule has 0 saturated heterocycles.